The minimum Gasteiger partial charge on any atom is -0.493 e. The van der Waals surface area contributed by atoms with Crippen LogP contribution in [0.3, 0.4) is 0 Å². The van der Waals surface area contributed by atoms with Crippen LogP contribution in [-0.2, 0) is 28.6 Å². The molecular weight excluding hydrogens is 636 g/mol. The van der Waals surface area contributed by atoms with Gasteiger partial charge in [-0.1, -0.05) is 69.2 Å². The van der Waals surface area contributed by atoms with Crippen molar-refractivity contribution in [3.63, 3.8) is 0 Å². The van der Waals surface area contributed by atoms with E-state index in [-0.39, 0.29) is 19.2 Å². The van der Waals surface area contributed by atoms with Crippen LogP contribution in [0.1, 0.15) is 72.9 Å². The molecule has 0 heterocycles. The maximum atomic E-state index is 12.5. The second-order valence-corrected chi connectivity index (χ2v) is 11.4. The van der Waals surface area contributed by atoms with Crippen molar-refractivity contribution in [3.05, 3.63) is 115 Å². The van der Waals surface area contributed by atoms with Crippen LogP contribution in [0.2, 0.25) is 0 Å². The molecule has 0 spiro atoms. The maximum Gasteiger partial charge on any atom is 0.338 e. The summed E-state index contributed by atoms with van der Waals surface area (Å²) < 4.78 is 26.6. The second-order valence-electron chi connectivity index (χ2n) is 11.4. The predicted molar refractivity (Wildman–Crippen MR) is 193 cm³/mol. The first kappa shape index (κ1) is 39.0. The van der Waals surface area contributed by atoms with Crippen molar-refractivity contribution in [1.29, 1.82) is 0 Å². The molecule has 0 aliphatic heterocycles. The van der Waals surface area contributed by atoms with E-state index in [0.29, 0.717) is 37.4 Å². The van der Waals surface area contributed by atoms with E-state index in [1.807, 2.05) is 49.4 Å². The number of rotatable bonds is 22. The standard InChI is InChI=1S/C41H46O9/c1-4-38(42)47-27-11-9-7-6-8-10-26-46-37-24-14-32(30-31(37)3)15-25-40(44)50-36-22-20-34(21-23-36)33-16-18-35(19-17-33)41(45)49-29-13-12-28-48-39(43)5-2/h4-5,14-25,30H,1-2,6-13,26-29H2,3H3. The number of hydrogen-bond acceptors (Lipinski definition) is 9. The molecule has 3 aromatic carbocycles. The highest BCUT2D eigenvalue weighted by Crippen LogP contribution is 2.24. The van der Waals surface area contributed by atoms with Crippen LogP contribution >= 0.6 is 0 Å². The number of benzene rings is 3. The van der Waals surface area contributed by atoms with Gasteiger partial charge in [0.15, 0.2) is 0 Å². The molecule has 0 fully saturated rings. The van der Waals surface area contributed by atoms with Gasteiger partial charge in [0.1, 0.15) is 11.5 Å². The molecule has 0 aliphatic carbocycles. The van der Waals surface area contributed by atoms with Crippen molar-refractivity contribution in [2.24, 2.45) is 0 Å². The number of carbonyl (C=O) groups excluding carboxylic acids is 4. The highest BCUT2D eigenvalue weighted by molar-refractivity contribution is 5.90. The first-order chi connectivity index (χ1) is 24.3. The smallest absolute Gasteiger partial charge is 0.338 e. The molecule has 0 unspecified atom stereocenters. The highest BCUT2D eigenvalue weighted by atomic mass is 16.5. The topological polar surface area (TPSA) is 114 Å². The summed E-state index contributed by atoms with van der Waals surface area (Å²) >= 11 is 0. The fourth-order valence-corrected chi connectivity index (χ4v) is 4.78. The zero-order valence-electron chi connectivity index (χ0n) is 28.7. The number of ether oxygens (including phenoxy) is 5. The maximum absolute atomic E-state index is 12.5. The largest absolute Gasteiger partial charge is 0.493 e. The minimum absolute atomic E-state index is 0.228. The first-order valence-corrected chi connectivity index (χ1v) is 16.9. The van der Waals surface area contributed by atoms with E-state index < -0.39 is 17.9 Å². The molecule has 0 N–H and O–H groups in total. The second kappa shape index (κ2) is 22.2. The van der Waals surface area contributed by atoms with E-state index in [1.54, 1.807) is 30.3 Å². The quantitative estimate of drug-likeness (QED) is 0.0339. The number of unbranched alkanes of at least 4 members (excludes halogenated alkanes) is 6. The summed E-state index contributed by atoms with van der Waals surface area (Å²) in [4.78, 5) is 46.8. The Morgan fingerprint density at radius 2 is 1.12 bits per heavy atom. The van der Waals surface area contributed by atoms with Gasteiger partial charge in [0.2, 0.25) is 0 Å². The van der Waals surface area contributed by atoms with Gasteiger partial charge < -0.3 is 23.7 Å². The third-order valence-corrected chi connectivity index (χ3v) is 7.53. The summed E-state index contributed by atoms with van der Waals surface area (Å²) in [7, 11) is 0. The molecule has 9 nitrogen and oxygen atoms in total. The molecule has 0 aromatic heterocycles. The zero-order chi connectivity index (χ0) is 36.0. The summed E-state index contributed by atoms with van der Waals surface area (Å²) in [6, 6.07) is 19.9. The van der Waals surface area contributed by atoms with Gasteiger partial charge in [-0.25, -0.2) is 19.2 Å². The summed E-state index contributed by atoms with van der Waals surface area (Å²) in [5.41, 5.74) is 4.06. The lowest BCUT2D eigenvalue weighted by Gasteiger charge is -2.10. The molecule has 0 amide bonds. The molecule has 264 valence electrons. The fourth-order valence-electron chi connectivity index (χ4n) is 4.78. The fraction of sp³-hybridized carbons (Fsp3) is 0.317. The normalized spacial score (nSPS) is 10.7. The molecule has 0 aliphatic rings. The summed E-state index contributed by atoms with van der Waals surface area (Å²) in [6.07, 6.45) is 12.7. The average Bonchev–Trinajstić information content (AvgIpc) is 3.13. The van der Waals surface area contributed by atoms with E-state index in [0.717, 1.165) is 72.6 Å². The Bertz CT molecular complexity index is 1590. The van der Waals surface area contributed by atoms with Crippen LogP contribution < -0.4 is 9.47 Å². The zero-order valence-corrected chi connectivity index (χ0v) is 28.7. The monoisotopic (exact) mass is 682 g/mol. The van der Waals surface area contributed by atoms with Crippen molar-refractivity contribution in [3.8, 4) is 22.6 Å². The van der Waals surface area contributed by atoms with Gasteiger partial charge in [0, 0.05) is 18.2 Å². The number of carbonyl (C=O) groups is 4. The summed E-state index contributed by atoms with van der Waals surface area (Å²) in [6.45, 7) is 10.2. The molecule has 3 aromatic rings. The van der Waals surface area contributed by atoms with Crippen LogP contribution in [0.15, 0.2) is 98.1 Å². The van der Waals surface area contributed by atoms with E-state index in [4.69, 9.17) is 23.7 Å². The summed E-state index contributed by atoms with van der Waals surface area (Å²) in [5, 5.41) is 0. The SMILES string of the molecule is C=CC(=O)OCCCCCCCCOc1ccc(C=CC(=O)Oc2ccc(-c3ccc(C(=O)OCCCCOC(=O)C=C)cc3)cc2)cc1C. The molecule has 0 saturated carbocycles. The Balaban J connectivity index is 1.35. The van der Waals surface area contributed by atoms with Crippen molar-refractivity contribution < 1.29 is 42.9 Å². The van der Waals surface area contributed by atoms with Crippen LogP contribution in [0.25, 0.3) is 17.2 Å². The third kappa shape index (κ3) is 14.8. The van der Waals surface area contributed by atoms with Crippen LogP contribution in [-0.4, -0.2) is 50.3 Å². The van der Waals surface area contributed by atoms with Crippen LogP contribution in [0, 0.1) is 6.92 Å². The number of hydrogen-bond donors (Lipinski definition) is 0. The lowest BCUT2D eigenvalue weighted by molar-refractivity contribution is -0.138. The average molecular weight is 683 g/mol. The van der Waals surface area contributed by atoms with Gasteiger partial charge >= 0.3 is 23.9 Å². The first-order valence-electron chi connectivity index (χ1n) is 16.9. The lowest BCUT2D eigenvalue weighted by atomic mass is 10.0. The Hall–Kier alpha value is -5.44. The van der Waals surface area contributed by atoms with Crippen LogP contribution in [0.4, 0.5) is 0 Å². The van der Waals surface area contributed by atoms with Gasteiger partial charge in [-0.2, -0.15) is 0 Å². The van der Waals surface area contributed by atoms with E-state index in [9.17, 15) is 19.2 Å². The van der Waals surface area contributed by atoms with Gasteiger partial charge in [-0.15, -0.1) is 0 Å². The van der Waals surface area contributed by atoms with Gasteiger partial charge in [-0.3, -0.25) is 0 Å². The Morgan fingerprint density at radius 1 is 0.600 bits per heavy atom. The van der Waals surface area contributed by atoms with E-state index in [1.165, 1.54) is 12.2 Å². The van der Waals surface area contributed by atoms with Crippen molar-refractivity contribution in [1.82, 2.24) is 0 Å². The number of esters is 4. The molecule has 0 bridgehead atoms. The minimum atomic E-state index is -0.492. The van der Waals surface area contributed by atoms with Gasteiger partial charge in [-0.05, 0) is 97.3 Å². The van der Waals surface area contributed by atoms with Gasteiger partial charge in [0.25, 0.3) is 0 Å². The Labute approximate surface area is 294 Å². The summed E-state index contributed by atoms with van der Waals surface area (Å²) in [5.74, 6) is -0.524. The van der Waals surface area contributed by atoms with Crippen molar-refractivity contribution in [2.75, 3.05) is 26.4 Å². The molecule has 0 saturated heterocycles. The van der Waals surface area contributed by atoms with Crippen LogP contribution in [0.5, 0.6) is 11.5 Å². The third-order valence-electron chi connectivity index (χ3n) is 7.53. The molecule has 3 rings (SSSR count). The molecule has 0 radical (unpaired) electrons. The Morgan fingerprint density at radius 3 is 1.70 bits per heavy atom. The lowest BCUT2D eigenvalue weighted by Crippen LogP contribution is -2.08. The molecule has 9 heteroatoms. The molecular formula is C41H46O9. The van der Waals surface area contributed by atoms with Gasteiger partial charge in [0.05, 0.1) is 32.0 Å². The van der Waals surface area contributed by atoms with E-state index in [2.05, 4.69) is 13.2 Å². The predicted octanol–water partition coefficient (Wildman–Crippen LogP) is 8.40. The highest BCUT2D eigenvalue weighted by Gasteiger charge is 2.09. The number of aryl methyl sites for hydroxylation is 1. The van der Waals surface area contributed by atoms with E-state index >= 15 is 0 Å². The Kier molecular flexibility index (Phi) is 17.4. The molecule has 0 atom stereocenters. The van der Waals surface area contributed by atoms with Crippen molar-refractivity contribution in [2.45, 2.75) is 58.3 Å². The van der Waals surface area contributed by atoms with Crippen molar-refractivity contribution >= 4 is 30.0 Å². The molecule has 50 heavy (non-hydrogen) atoms.